The van der Waals surface area contributed by atoms with E-state index in [9.17, 15) is 34.5 Å². The summed E-state index contributed by atoms with van der Waals surface area (Å²) < 4.78 is 28.4. The molecule has 1 aliphatic rings. The average molecular weight is 1080 g/mol. The van der Waals surface area contributed by atoms with E-state index in [1.807, 2.05) is 0 Å². The molecule has 12 nitrogen and oxygen atoms in total. The van der Waals surface area contributed by atoms with Crippen LogP contribution in [0, 0.1) is 0 Å². The number of rotatable bonds is 49. The molecule has 6 atom stereocenters. The lowest BCUT2D eigenvalue weighted by Gasteiger charge is -2.40. The van der Waals surface area contributed by atoms with Crippen LogP contribution in [0.15, 0.2) is 109 Å². The van der Waals surface area contributed by atoms with Gasteiger partial charge in [-0.15, -0.1) is 0 Å². The number of hydrogen-bond donors (Lipinski definition) is 3. The van der Waals surface area contributed by atoms with Crippen molar-refractivity contribution in [2.45, 2.75) is 263 Å². The Morgan fingerprint density at radius 2 is 0.818 bits per heavy atom. The second-order valence-electron chi connectivity index (χ2n) is 19.9. The fraction of sp³-hybridized carbons (Fsp3) is 0.662. The number of carbonyl (C=O) groups excluding carboxylic acids is 3. The molecule has 0 saturated carbocycles. The summed E-state index contributed by atoms with van der Waals surface area (Å²) in [7, 11) is 0. The predicted octanol–water partition coefficient (Wildman–Crippen LogP) is 15.4. The summed E-state index contributed by atoms with van der Waals surface area (Å²) in [4.78, 5) is 51.2. The molecule has 0 aromatic rings. The van der Waals surface area contributed by atoms with E-state index in [2.05, 4.69) is 130 Å². The molecule has 12 heteroatoms. The quantitative estimate of drug-likeness (QED) is 0.0228. The van der Waals surface area contributed by atoms with Gasteiger partial charge in [0.1, 0.15) is 18.8 Å². The van der Waals surface area contributed by atoms with Gasteiger partial charge in [-0.05, 0) is 122 Å². The number of carbonyl (C=O) groups is 4. The number of esters is 3. The fourth-order valence-electron chi connectivity index (χ4n) is 8.28. The molecule has 0 aromatic heterocycles. The van der Waals surface area contributed by atoms with E-state index in [4.69, 9.17) is 23.7 Å². The summed E-state index contributed by atoms with van der Waals surface area (Å²) in [6.45, 7) is 5.68. The van der Waals surface area contributed by atoms with Crippen molar-refractivity contribution in [3.05, 3.63) is 109 Å². The molecule has 0 bridgehead atoms. The second-order valence-corrected chi connectivity index (χ2v) is 19.9. The molecule has 436 valence electrons. The van der Waals surface area contributed by atoms with Gasteiger partial charge in [0.05, 0.1) is 6.61 Å². The molecule has 6 unspecified atom stereocenters. The molecular formula is C65H104O12. The lowest BCUT2D eigenvalue weighted by Crippen LogP contribution is -2.61. The van der Waals surface area contributed by atoms with E-state index in [1.165, 1.54) is 19.3 Å². The summed E-state index contributed by atoms with van der Waals surface area (Å²) in [5, 5.41) is 31.5. The zero-order valence-corrected chi connectivity index (χ0v) is 47.9. The zero-order valence-electron chi connectivity index (χ0n) is 47.9. The monoisotopic (exact) mass is 1080 g/mol. The number of aliphatic carboxylic acids is 1. The van der Waals surface area contributed by atoms with Gasteiger partial charge in [-0.1, -0.05) is 194 Å². The highest BCUT2D eigenvalue weighted by Crippen LogP contribution is 2.26. The van der Waals surface area contributed by atoms with Crippen LogP contribution in [0.5, 0.6) is 0 Å². The number of aliphatic hydroxyl groups excluding tert-OH is 2. The number of unbranched alkanes of at least 4 members (excludes halogenated alkanes) is 17. The first kappa shape index (κ1) is 70.4. The standard InChI is InChI=1S/C65H104O12/c1-4-7-10-13-16-19-22-25-28-29-32-35-38-41-44-47-50-53-59(68)76-63-61(70)60(69)62(64(71)72)77-65(63)74-55-56(75-58(67)52-49-46-43-40-37-34-31-27-24-21-18-15-12-9-6-3)54-73-57(66)51-48-45-42-39-36-33-30-26-23-20-17-14-11-8-5-2/h7-8,10-11,16-21,25-28,30-31,36,39,56,60-63,65,69-70H,4-6,9,12-15,22-24,29,32-35,37-38,40-55H2,1-3H3,(H,71,72)/b10-7-,11-8-,19-16-,20-17-,21-18-,28-25-,30-26-,31-27-,39-36-. The molecule has 0 radical (unpaired) electrons. The van der Waals surface area contributed by atoms with Crippen molar-refractivity contribution in [2.75, 3.05) is 13.2 Å². The van der Waals surface area contributed by atoms with Gasteiger partial charge >= 0.3 is 23.9 Å². The molecule has 1 saturated heterocycles. The van der Waals surface area contributed by atoms with E-state index in [0.29, 0.717) is 19.3 Å². The van der Waals surface area contributed by atoms with Crippen LogP contribution in [-0.4, -0.2) is 89.2 Å². The molecule has 3 N–H and O–H groups in total. The number of ether oxygens (including phenoxy) is 5. The number of allylic oxidation sites excluding steroid dienone is 18. The van der Waals surface area contributed by atoms with E-state index in [0.717, 1.165) is 148 Å². The van der Waals surface area contributed by atoms with E-state index in [1.54, 1.807) is 0 Å². The third-order valence-corrected chi connectivity index (χ3v) is 12.8. The number of carboxylic acid groups (broad SMARTS) is 1. The predicted molar refractivity (Wildman–Crippen MR) is 312 cm³/mol. The van der Waals surface area contributed by atoms with Crippen LogP contribution in [0.3, 0.4) is 0 Å². The molecule has 0 aromatic carbocycles. The van der Waals surface area contributed by atoms with Crippen LogP contribution in [-0.2, 0) is 42.9 Å². The molecule has 77 heavy (non-hydrogen) atoms. The summed E-state index contributed by atoms with van der Waals surface area (Å²) in [6.07, 6.45) is 57.7. The highest BCUT2D eigenvalue weighted by atomic mass is 16.7. The smallest absolute Gasteiger partial charge is 0.335 e. The van der Waals surface area contributed by atoms with E-state index < -0.39 is 67.3 Å². The molecule has 1 aliphatic heterocycles. The van der Waals surface area contributed by atoms with Crippen LogP contribution < -0.4 is 0 Å². The SMILES string of the molecule is CC/C=C\C/C=C\C/C=C\C/C=C\CCCCC(=O)OCC(COC1OC(C(=O)O)C(O)C(O)C1OC(=O)CCCCCCCCC/C=C\C/C=C\C/C=C\CC)OC(=O)CCCCCCC/C=C\C/C=C\CCCCC. The fourth-order valence-corrected chi connectivity index (χ4v) is 8.28. The first-order valence-corrected chi connectivity index (χ1v) is 29.9. The van der Waals surface area contributed by atoms with Crippen LogP contribution in [0.1, 0.15) is 226 Å². The average Bonchev–Trinajstić information content (AvgIpc) is 3.42. The topological polar surface area (TPSA) is 175 Å². The maximum atomic E-state index is 13.1. The molecule has 1 heterocycles. The Hall–Kier alpha value is -4.62. The van der Waals surface area contributed by atoms with Gasteiger partial charge in [-0.25, -0.2) is 4.79 Å². The molecule has 0 amide bonds. The number of carboxylic acids is 1. The summed E-state index contributed by atoms with van der Waals surface area (Å²) in [5.41, 5.74) is 0. The normalized spacial score (nSPS) is 18.8. The summed E-state index contributed by atoms with van der Waals surface area (Å²) in [6, 6.07) is 0. The Kier molecular flexibility index (Phi) is 47.6. The van der Waals surface area contributed by atoms with Crippen LogP contribution >= 0.6 is 0 Å². The maximum Gasteiger partial charge on any atom is 0.335 e. The first-order chi connectivity index (χ1) is 37.6. The number of aliphatic hydroxyl groups is 2. The van der Waals surface area contributed by atoms with Gasteiger partial charge in [0.25, 0.3) is 0 Å². The van der Waals surface area contributed by atoms with Crippen molar-refractivity contribution in [3.8, 4) is 0 Å². The molecule has 0 aliphatic carbocycles. The summed E-state index contributed by atoms with van der Waals surface area (Å²) >= 11 is 0. The third-order valence-electron chi connectivity index (χ3n) is 12.8. The minimum atomic E-state index is -1.92. The second kappa shape index (κ2) is 52.1. The van der Waals surface area contributed by atoms with Gasteiger partial charge in [-0.2, -0.15) is 0 Å². The van der Waals surface area contributed by atoms with Gasteiger partial charge in [0.2, 0.25) is 0 Å². The largest absolute Gasteiger partial charge is 0.479 e. The van der Waals surface area contributed by atoms with Crippen molar-refractivity contribution in [1.82, 2.24) is 0 Å². The van der Waals surface area contributed by atoms with Crippen molar-refractivity contribution in [1.29, 1.82) is 0 Å². The van der Waals surface area contributed by atoms with Crippen LogP contribution in [0.25, 0.3) is 0 Å². The van der Waals surface area contributed by atoms with E-state index >= 15 is 0 Å². The Bertz CT molecular complexity index is 1750. The Morgan fingerprint density at radius 1 is 0.442 bits per heavy atom. The third kappa shape index (κ3) is 42.1. The van der Waals surface area contributed by atoms with Crippen LogP contribution in [0.4, 0.5) is 0 Å². The molecule has 1 fully saturated rings. The Labute approximate surface area is 465 Å². The molecule has 0 spiro atoms. The van der Waals surface area contributed by atoms with Gasteiger partial charge in [-0.3, -0.25) is 14.4 Å². The summed E-state index contributed by atoms with van der Waals surface area (Å²) in [5.74, 6) is -3.22. The van der Waals surface area contributed by atoms with Crippen molar-refractivity contribution >= 4 is 23.9 Å². The van der Waals surface area contributed by atoms with Crippen molar-refractivity contribution in [3.63, 3.8) is 0 Å². The first-order valence-electron chi connectivity index (χ1n) is 29.9. The minimum absolute atomic E-state index is 0.0380. The maximum absolute atomic E-state index is 13.1. The molecular weight excluding hydrogens is 973 g/mol. The van der Waals surface area contributed by atoms with Crippen molar-refractivity contribution < 1.29 is 58.2 Å². The molecule has 1 rings (SSSR count). The Morgan fingerprint density at radius 3 is 1.27 bits per heavy atom. The lowest BCUT2D eigenvalue weighted by molar-refractivity contribution is -0.301. The highest BCUT2D eigenvalue weighted by molar-refractivity contribution is 5.74. The van der Waals surface area contributed by atoms with Gasteiger partial charge in [0, 0.05) is 19.3 Å². The zero-order chi connectivity index (χ0) is 56.1. The highest BCUT2D eigenvalue weighted by Gasteiger charge is 2.50. The van der Waals surface area contributed by atoms with Gasteiger partial charge < -0.3 is 39.0 Å². The minimum Gasteiger partial charge on any atom is -0.479 e. The van der Waals surface area contributed by atoms with Gasteiger partial charge in [0.15, 0.2) is 24.6 Å². The number of hydrogen-bond acceptors (Lipinski definition) is 11. The lowest BCUT2D eigenvalue weighted by atomic mass is 9.98. The van der Waals surface area contributed by atoms with E-state index in [-0.39, 0.29) is 25.9 Å². The van der Waals surface area contributed by atoms with Crippen LogP contribution in [0.2, 0.25) is 0 Å². The van der Waals surface area contributed by atoms with Crippen molar-refractivity contribution in [2.24, 2.45) is 0 Å². The Balaban J connectivity index is 2.73.